The summed E-state index contributed by atoms with van der Waals surface area (Å²) in [5.74, 6) is -0.205. The van der Waals surface area contributed by atoms with E-state index < -0.39 is 0 Å². The molecule has 0 saturated heterocycles. The van der Waals surface area contributed by atoms with Gasteiger partial charge in [0.1, 0.15) is 0 Å². The number of hydrogen-bond donors (Lipinski definition) is 2. The summed E-state index contributed by atoms with van der Waals surface area (Å²) >= 11 is 0. The lowest BCUT2D eigenvalue weighted by atomic mass is 10.1. The van der Waals surface area contributed by atoms with Crippen molar-refractivity contribution >= 4 is 16.7 Å². The fourth-order valence-electron chi connectivity index (χ4n) is 2.71. The first-order valence-corrected chi connectivity index (χ1v) is 8.46. The minimum Gasteiger partial charge on any atom is -0.349 e. The highest BCUT2D eigenvalue weighted by atomic mass is 16.2. The summed E-state index contributed by atoms with van der Waals surface area (Å²) in [6.07, 6.45) is 4.62. The van der Waals surface area contributed by atoms with E-state index in [2.05, 4.69) is 32.9 Å². The molecule has 3 rings (SSSR count). The monoisotopic (exact) mass is 338 g/mol. The fourth-order valence-corrected chi connectivity index (χ4v) is 2.71. The van der Waals surface area contributed by atoms with Crippen molar-refractivity contribution in [3.8, 4) is 5.69 Å². The number of pyridine rings is 1. The van der Waals surface area contributed by atoms with Gasteiger partial charge in [-0.1, -0.05) is 24.3 Å². The molecular weight excluding hydrogens is 316 g/mol. The number of rotatable bonds is 7. The molecule has 7 nitrogen and oxygen atoms in total. The Hall–Kier alpha value is -2.80. The average molecular weight is 338 g/mol. The Balaban J connectivity index is 1.80. The zero-order chi connectivity index (χ0) is 17.6. The Labute approximate surface area is 146 Å². The van der Waals surface area contributed by atoms with E-state index in [1.807, 2.05) is 37.4 Å². The highest BCUT2D eigenvalue weighted by Gasteiger charge is 2.17. The minimum absolute atomic E-state index is 0.205. The molecule has 130 valence electrons. The summed E-state index contributed by atoms with van der Waals surface area (Å²) in [5, 5.41) is 16.4. The maximum atomic E-state index is 12.3. The van der Waals surface area contributed by atoms with E-state index in [1.54, 1.807) is 10.9 Å². The number of nitrogens with one attached hydrogen (secondary N) is 2. The third-order valence-corrected chi connectivity index (χ3v) is 4.01. The average Bonchev–Trinajstić information content (AvgIpc) is 3.02. The van der Waals surface area contributed by atoms with Gasteiger partial charge in [-0.3, -0.25) is 9.78 Å². The first kappa shape index (κ1) is 17.0. The summed E-state index contributed by atoms with van der Waals surface area (Å²) in [6.45, 7) is 6.20. The highest BCUT2D eigenvalue weighted by Crippen LogP contribution is 2.22. The van der Waals surface area contributed by atoms with Gasteiger partial charge in [0.05, 0.1) is 11.4 Å². The smallest absolute Gasteiger partial charge is 0.273 e. The van der Waals surface area contributed by atoms with Gasteiger partial charge < -0.3 is 10.6 Å². The van der Waals surface area contributed by atoms with Crippen LogP contribution in [0.15, 0.2) is 36.7 Å². The van der Waals surface area contributed by atoms with Gasteiger partial charge in [-0.05, 0) is 32.0 Å². The lowest BCUT2D eigenvalue weighted by Gasteiger charge is -2.08. The van der Waals surface area contributed by atoms with Crippen molar-refractivity contribution in [2.75, 3.05) is 19.6 Å². The van der Waals surface area contributed by atoms with Gasteiger partial charge >= 0.3 is 0 Å². The highest BCUT2D eigenvalue weighted by molar-refractivity contribution is 5.94. The van der Waals surface area contributed by atoms with E-state index in [1.165, 1.54) is 0 Å². The van der Waals surface area contributed by atoms with Crippen LogP contribution in [-0.2, 0) is 0 Å². The molecule has 0 radical (unpaired) electrons. The maximum absolute atomic E-state index is 12.3. The molecule has 0 aliphatic heterocycles. The normalized spacial score (nSPS) is 11.0. The van der Waals surface area contributed by atoms with E-state index in [-0.39, 0.29) is 5.91 Å². The Kier molecular flexibility index (Phi) is 5.35. The molecule has 0 saturated carbocycles. The van der Waals surface area contributed by atoms with Gasteiger partial charge in [-0.2, -0.15) is 0 Å². The van der Waals surface area contributed by atoms with Crippen LogP contribution < -0.4 is 10.6 Å². The second-order valence-electron chi connectivity index (χ2n) is 5.82. The zero-order valence-corrected chi connectivity index (χ0v) is 14.5. The van der Waals surface area contributed by atoms with Crippen molar-refractivity contribution in [3.05, 3.63) is 48.0 Å². The van der Waals surface area contributed by atoms with Crippen LogP contribution in [0.1, 0.15) is 29.5 Å². The number of nitrogens with zero attached hydrogens (tertiary/aromatic N) is 4. The van der Waals surface area contributed by atoms with Crippen molar-refractivity contribution in [3.63, 3.8) is 0 Å². The van der Waals surface area contributed by atoms with Gasteiger partial charge in [0.2, 0.25) is 0 Å². The molecule has 7 heteroatoms. The molecule has 0 unspecified atom stereocenters. The zero-order valence-electron chi connectivity index (χ0n) is 14.5. The molecule has 3 aromatic rings. The molecule has 0 fully saturated rings. The van der Waals surface area contributed by atoms with Crippen LogP contribution in [0.25, 0.3) is 16.5 Å². The molecule has 1 amide bonds. The van der Waals surface area contributed by atoms with Crippen molar-refractivity contribution in [1.29, 1.82) is 0 Å². The van der Waals surface area contributed by atoms with Gasteiger partial charge in [-0.15, -0.1) is 5.10 Å². The van der Waals surface area contributed by atoms with E-state index in [0.717, 1.165) is 36.0 Å². The van der Waals surface area contributed by atoms with E-state index >= 15 is 0 Å². The summed E-state index contributed by atoms with van der Waals surface area (Å²) in [7, 11) is 0. The van der Waals surface area contributed by atoms with Crippen LogP contribution in [0.5, 0.6) is 0 Å². The number of aromatic nitrogens is 4. The molecule has 25 heavy (non-hydrogen) atoms. The predicted octanol–water partition coefficient (Wildman–Crippen LogP) is 1.85. The minimum atomic E-state index is -0.205. The number of hydrogen-bond acceptors (Lipinski definition) is 5. The summed E-state index contributed by atoms with van der Waals surface area (Å²) in [5.41, 5.74) is 1.94. The Morgan fingerprint density at radius 2 is 2.08 bits per heavy atom. The first-order valence-electron chi connectivity index (χ1n) is 8.46. The van der Waals surface area contributed by atoms with Crippen LogP contribution in [-0.4, -0.2) is 45.5 Å². The van der Waals surface area contributed by atoms with E-state index in [0.29, 0.717) is 17.9 Å². The Bertz CT molecular complexity index is 868. The van der Waals surface area contributed by atoms with Gasteiger partial charge in [-0.25, -0.2) is 4.68 Å². The first-order chi connectivity index (χ1) is 12.2. The van der Waals surface area contributed by atoms with Gasteiger partial charge in [0, 0.05) is 36.3 Å². The number of benzene rings is 1. The van der Waals surface area contributed by atoms with Crippen LogP contribution in [0.3, 0.4) is 0 Å². The lowest BCUT2D eigenvalue weighted by Crippen LogP contribution is -2.32. The van der Waals surface area contributed by atoms with Crippen LogP contribution in [0.2, 0.25) is 0 Å². The summed E-state index contributed by atoms with van der Waals surface area (Å²) in [4.78, 5) is 16.5. The molecule has 2 N–H and O–H groups in total. The van der Waals surface area contributed by atoms with Crippen molar-refractivity contribution in [2.45, 2.75) is 20.3 Å². The SMILES string of the molecule is CCCNCCNC(=O)c1nnn(-c2cccc3cnccc23)c1C. The molecule has 2 aromatic heterocycles. The Morgan fingerprint density at radius 1 is 1.20 bits per heavy atom. The Morgan fingerprint density at radius 3 is 2.92 bits per heavy atom. The molecule has 0 aliphatic carbocycles. The van der Waals surface area contributed by atoms with Crippen LogP contribution in [0, 0.1) is 6.92 Å². The number of carbonyl (C=O) groups is 1. The van der Waals surface area contributed by atoms with Crippen molar-refractivity contribution in [2.24, 2.45) is 0 Å². The molecular formula is C18H22N6O. The molecule has 0 aliphatic rings. The molecule has 1 aromatic carbocycles. The maximum Gasteiger partial charge on any atom is 0.273 e. The predicted molar refractivity (Wildman–Crippen MR) is 96.9 cm³/mol. The lowest BCUT2D eigenvalue weighted by molar-refractivity contribution is 0.0948. The standard InChI is InChI=1S/C18H22N6O/c1-3-8-19-10-11-21-18(25)17-13(2)24(23-22-17)16-6-4-5-14-12-20-9-7-15(14)16/h4-7,9,12,19H,3,8,10-11H2,1-2H3,(H,21,25). The number of carbonyl (C=O) groups excluding carboxylic acids is 1. The van der Waals surface area contributed by atoms with E-state index in [4.69, 9.17) is 0 Å². The summed E-state index contributed by atoms with van der Waals surface area (Å²) < 4.78 is 1.70. The van der Waals surface area contributed by atoms with Gasteiger partial charge in [0.25, 0.3) is 5.91 Å². The van der Waals surface area contributed by atoms with Crippen LogP contribution >= 0.6 is 0 Å². The third kappa shape index (κ3) is 3.66. The van der Waals surface area contributed by atoms with Crippen molar-refractivity contribution < 1.29 is 4.79 Å². The molecule has 0 bridgehead atoms. The van der Waals surface area contributed by atoms with Crippen LogP contribution in [0.4, 0.5) is 0 Å². The van der Waals surface area contributed by atoms with Gasteiger partial charge in [0.15, 0.2) is 5.69 Å². The topological polar surface area (TPSA) is 84.7 Å². The second kappa shape index (κ2) is 7.85. The second-order valence-corrected chi connectivity index (χ2v) is 5.82. The fraction of sp³-hybridized carbons (Fsp3) is 0.333. The molecule has 0 spiro atoms. The molecule has 2 heterocycles. The largest absolute Gasteiger partial charge is 0.349 e. The van der Waals surface area contributed by atoms with Crippen molar-refractivity contribution in [1.82, 2.24) is 30.6 Å². The number of fused-ring (bicyclic) bond motifs is 1. The van der Waals surface area contributed by atoms with E-state index in [9.17, 15) is 4.79 Å². The molecule has 0 atom stereocenters. The number of amides is 1. The summed E-state index contributed by atoms with van der Waals surface area (Å²) in [6, 6.07) is 7.83. The quantitative estimate of drug-likeness (QED) is 0.642. The third-order valence-electron chi connectivity index (χ3n) is 4.01.